The Balaban J connectivity index is 1.24. The number of rotatable bonds is 5. The zero-order chi connectivity index (χ0) is 21.8. The molecule has 2 aliphatic heterocycles. The Labute approximate surface area is 189 Å². The van der Waals surface area contributed by atoms with Gasteiger partial charge in [-0.3, -0.25) is 14.8 Å². The molecule has 1 amide bonds. The highest BCUT2D eigenvalue weighted by Gasteiger charge is 2.24. The summed E-state index contributed by atoms with van der Waals surface area (Å²) in [5.41, 5.74) is 4.45. The van der Waals surface area contributed by atoms with Crippen molar-refractivity contribution in [2.75, 3.05) is 39.4 Å². The highest BCUT2D eigenvalue weighted by molar-refractivity contribution is 5.95. The van der Waals surface area contributed by atoms with Crippen LogP contribution in [0.3, 0.4) is 0 Å². The number of carbonyl (C=O) groups is 1. The van der Waals surface area contributed by atoms with Gasteiger partial charge in [0, 0.05) is 43.7 Å². The first kappa shape index (κ1) is 21.2. The van der Waals surface area contributed by atoms with Gasteiger partial charge in [0.15, 0.2) is 0 Å². The van der Waals surface area contributed by atoms with Crippen LogP contribution in [0.5, 0.6) is 0 Å². The molecule has 0 bridgehead atoms. The molecule has 3 heterocycles. The second-order valence-corrected chi connectivity index (χ2v) is 9.09. The molecule has 1 aromatic heterocycles. The molecule has 2 fully saturated rings. The van der Waals surface area contributed by atoms with E-state index in [1.807, 2.05) is 24.4 Å². The third-order valence-electron chi connectivity index (χ3n) is 6.96. The lowest BCUT2D eigenvalue weighted by Gasteiger charge is -2.28. The predicted molar refractivity (Wildman–Crippen MR) is 126 cm³/mol. The number of morpholine rings is 1. The van der Waals surface area contributed by atoms with Crippen LogP contribution in [0.2, 0.25) is 0 Å². The first-order valence-corrected chi connectivity index (χ1v) is 11.9. The Bertz CT molecular complexity index is 1060. The minimum atomic E-state index is 0.187. The summed E-state index contributed by atoms with van der Waals surface area (Å²) in [6.45, 7) is 5.89. The lowest BCUT2D eigenvalue weighted by Crippen LogP contribution is -2.37. The molecular weight excluding hydrogens is 400 g/mol. The number of H-pyrrole nitrogens is 1. The number of fused-ring (bicyclic) bond motifs is 1. The lowest BCUT2D eigenvalue weighted by molar-refractivity contribution is 0.0340. The van der Waals surface area contributed by atoms with Gasteiger partial charge in [0.25, 0.3) is 5.91 Å². The average molecular weight is 433 g/mol. The normalized spacial score (nSPS) is 20.4. The maximum atomic E-state index is 13.5. The van der Waals surface area contributed by atoms with Crippen molar-refractivity contribution in [2.45, 2.75) is 32.2 Å². The van der Waals surface area contributed by atoms with Crippen molar-refractivity contribution in [1.29, 1.82) is 0 Å². The van der Waals surface area contributed by atoms with E-state index >= 15 is 0 Å². The molecule has 2 aliphatic rings. The first-order valence-electron chi connectivity index (χ1n) is 11.9. The van der Waals surface area contributed by atoms with E-state index in [9.17, 15) is 4.79 Å². The van der Waals surface area contributed by atoms with Gasteiger partial charge < -0.3 is 9.64 Å². The number of benzene rings is 2. The number of hydrogen-bond donors (Lipinski definition) is 1. The smallest absolute Gasteiger partial charge is 0.254 e. The zero-order valence-electron chi connectivity index (χ0n) is 18.6. The van der Waals surface area contributed by atoms with Crippen LogP contribution in [0.1, 0.15) is 40.7 Å². The molecule has 3 aromatic rings. The zero-order valence-corrected chi connectivity index (χ0v) is 18.6. The molecule has 0 radical (unpaired) electrons. The van der Waals surface area contributed by atoms with E-state index in [0.717, 1.165) is 88.3 Å². The monoisotopic (exact) mass is 432 g/mol. The summed E-state index contributed by atoms with van der Waals surface area (Å²) in [6.07, 6.45) is 6.25. The Kier molecular flexibility index (Phi) is 6.51. The van der Waals surface area contributed by atoms with Gasteiger partial charge in [-0.1, -0.05) is 30.3 Å². The number of aromatic amines is 1. The molecule has 0 saturated carbocycles. The van der Waals surface area contributed by atoms with E-state index in [2.05, 4.69) is 44.3 Å². The van der Waals surface area contributed by atoms with E-state index in [-0.39, 0.29) is 5.91 Å². The Morgan fingerprint density at radius 3 is 2.75 bits per heavy atom. The van der Waals surface area contributed by atoms with Gasteiger partial charge in [0.05, 0.1) is 24.9 Å². The molecule has 6 nitrogen and oxygen atoms in total. The summed E-state index contributed by atoms with van der Waals surface area (Å²) in [5.74, 6) is 0.781. The van der Waals surface area contributed by atoms with Gasteiger partial charge >= 0.3 is 0 Å². The van der Waals surface area contributed by atoms with Gasteiger partial charge in [0.2, 0.25) is 0 Å². The number of nitrogens with one attached hydrogen (secondary N) is 1. The van der Waals surface area contributed by atoms with Crippen molar-refractivity contribution >= 4 is 16.8 Å². The molecule has 32 heavy (non-hydrogen) atoms. The van der Waals surface area contributed by atoms with Crippen molar-refractivity contribution in [1.82, 2.24) is 20.0 Å². The second kappa shape index (κ2) is 9.84. The Morgan fingerprint density at radius 2 is 1.84 bits per heavy atom. The van der Waals surface area contributed by atoms with Crippen LogP contribution in [0.4, 0.5) is 0 Å². The van der Waals surface area contributed by atoms with Crippen molar-refractivity contribution in [3.8, 4) is 0 Å². The Hall–Kier alpha value is -2.70. The number of aromatic nitrogens is 2. The van der Waals surface area contributed by atoms with Crippen molar-refractivity contribution in [2.24, 2.45) is 5.92 Å². The van der Waals surface area contributed by atoms with Crippen molar-refractivity contribution in [3.63, 3.8) is 0 Å². The highest BCUT2D eigenvalue weighted by Crippen LogP contribution is 2.27. The molecule has 2 saturated heterocycles. The van der Waals surface area contributed by atoms with Gasteiger partial charge in [-0.15, -0.1) is 0 Å². The molecule has 2 aromatic carbocycles. The predicted octanol–water partition coefficient (Wildman–Crippen LogP) is 3.88. The molecule has 1 unspecified atom stereocenters. The summed E-state index contributed by atoms with van der Waals surface area (Å²) in [7, 11) is 0. The maximum Gasteiger partial charge on any atom is 0.254 e. The summed E-state index contributed by atoms with van der Waals surface area (Å²) < 4.78 is 5.47. The van der Waals surface area contributed by atoms with E-state index in [1.54, 1.807) is 0 Å². The number of carbonyl (C=O) groups excluding carboxylic acids is 1. The number of ether oxygens (including phenoxy) is 1. The molecule has 1 atom stereocenters. The fourth-order valence-electron chi connectivity index (χ4n) is 5.13. The summed E-state index contributed by atoms with van der Waals surface area (Å²) in [5, 5.41) is 8.50. The van der Waals surface area contributed by atoms with E-state index < -0.39 is 0 Å². The minimum absolute atomic E-state index is 0.187. The largest absolute Gasteiger partial charge is 0.379 e. The molecule has 6 heteroatoms. The average Bonchev–Trinajstić information content (AvgIpc) is 3.20. The van der Waals surface area contributed by atoms with Crippen LogP contribution in [-0.2, 0) is 17.7 Å². The second-order valence-electron chi connectivity index (χ2n) is 9.09. The van der Waals surface area contributed by atoms with E-state index in [1.165, 1.54) is 10.9 Å². The molecule has 0 spiro atoms. The number of nitrogens with zero attached hydrogens (tertiary/aromatic N) is 3. The Morgan fingerprint density at radius 1 is 1.00 bits per heavy atom. The lowest BCUT2D eigenvalue weighted by atomic mass is 9.91. The summed E-state index contributed by atoms with van der Waals surface area (Å²) in [4.78, 5) is 17.9. The van der Waals surface area contributed by atoms with Gasteiger partial charge in [-0.2, -0.15) is 5.10 Å². The molecular formula is C26H32N4O2. The molecule has 5 rings (SSSR count). The van der Waals surface area contributed by atoms with Crippen LogP contribution in [0.25, 0.3) is 10.9 Å². The number of likely N-dealkylation sites (tertiary alicyclic amines) is 1. The first-order chi connectivity index (χ1) is 15.8. The maximum absolute atomic E-state index is 13.5. The van der Waals surface area contributed by atoms with Crippen LogP contribution in [0, 0.1) is 5.92 Å². The fourth-order valence-corrected chi connectivity index (χ4v) is 5.13. The summed E-state index contributed by atoms with van der Waals surface area (Å²) >= 11 is 0. The minimum Gasteiger partial charge on any atom is -0.379 e. The molecule has 168 valence electrons. The number of amides is 1. The fraction of sp³-hybridized carbons (Fsp3) is 0.462. The van der Waals surface area contributed by atoms with E-state index in [4.69, 9.17) is 4.74 Å². The van der Waals surface area contributed by atoms with Crippen molar-refractivity contribution < 1.29 is 9.53 Å². The SMILES string of the molecule is O=C(c1ccccc1CN1CCOCC1)N1CCCC(Cc2cccc3[nH]ncc23)CC1. The van der Waals surface area contributed by atoms with Crippen LogP contribution in [0.15, 0.2) is 48.7 Å². The van der Waals surface area contributed by atoms with Crippen molar-refractivity contribution in [3.05, 3.63) is 65.4 Å². The third-order valence-corrected chi connectivity index (χ3v) is 6.96. The van der Waals surface area contributed by atoms with Gasteiger partial charge in [0.1, 0.15) is 0 Å². The highest BCUT2D eigenvalue weighted by atomic mass is 16.5. The summed E-state index contributed by atoms with van der Waals surface area (Å²) in [6, 6.07) is 14.5. The quantitative estimate of drug-likeness (QED) is 0.665. The van der Waals surface area contributed by atoms with Gasteiger partial charge in [-0.05, 0) is 54.9 Å². The third kappa shape index (κ3) is 4.71. The number of hydrogen-bond acceptors (Lipinski definition) is 4. The van der Waals surface area contributed by atoms with E-state index in [0.29, 0.717) is 5.92 Å². The standard InChI is InChI=1S/C26H32N4O2/c31-26(23-8-2-1-6-22(23)19-29-13-15-32-16-14-29)30-11-4-5-20(10-12-30)17-21-7-3-9-25-24(21)18-27-28-25/h1-3,6-9,18,20H,4-5,10-17,19H2,(H,27,28). The molecule has 1 N–H and O–H groups in total. The molecule has 0 aliphatic carbocycles. The van der Waals surface area contributed by atoms with Crippen LogP contribution < -0.4 is 0 Å². The van der Waals surface area contributed by atoms with Gasteiger partial charge in [-0.25, -0.2) is 0 Å². The topological polar surface area (TPSA) is 61.5 Å². The van der Waals surface area contributed by atoms with Crippen LogP contribution in [-0.4, -0.2) is 65.3 Å². The van der Waals surface area contributed by atoms with Crippen LogP contribution >= 0.6 is 0 Å².